The molecule has 0 amide bonds. The monoisotopic (exact) mass is 358 g/mol. The summed E-state index contributed by atoms with van der Waals surface area (Å²) >= 11 is 0. The van der Waals surface area contributed by atoms with Gasteiger partial charge in [-0.1, -0.05) is 18.2 Å². The zero-order valence-electron chi connectivity index (χ0n) is 14.8. The fourth-order valence-electron chi connectivity index (χ4n) is 2.23. The van der Waals surface area contributed by atoms with Gasteiger partial charge in [-0.05, 0) is 36.8 Å². The zero-order valence-corrected chi connectivity index (χ0v) is 14.8. The topological polar surface area (TPSA) is 89.4 Å². The summed E-state index contributed by atoms with van der Waals surface area (Å²) in [6, 6.07) is 12.9. The highest BCUT2D eigenvalue weighted by Gasteiger charge is 2.08. The largest absolute Gasteiger partial charge is 0.496 e. The first-order valence-corrected chi connectivity index (χ1v) is 8.13. The number of methoxy groups -OCH3 is 1. The first kappa shape index (κ1) is 19.1. The highest BCUT2D eigenvalue weighted by molar-refractivity contribution is 5.80. The number of hydrogen-bond donors (Lipinski definition) is 2. The van der Waals surface area contributed by atoms with Crippen LogP contribution in [0.3, 0.4) is 0 Å². The van der Waals surface area contributed by atoms with Gasteiger partial charge >= 0.3 is 5.97 Å². The van der Waals surface area contributed by atoms with Gasteiger partial charge in [0, 0.05) is 5.56 Å². The van der Waals surface area contributed by atoms with Crippen LogP contribution in [0.1, 0.15) is 18.1 Å². The molecule has 0 radical (unpaired) electrons. The van der Waals surface area contributed by atoms with Crippen molar-refractivity contribution in [2.24, 2.45) is 5.10 Å². The first-order chi connectivity index (χ1) is 12.6. The second-order valence-electron chi connectivity index (χ2n) is 5.23. The number of rotatable bonds is 10. The van der Waals surface area contributed by atoms with Crippen molar-refractivity contribution in [1.82, 2.24) is 5.43 Å². The third-order valence-corrected chi connectivity index (χ3v) is 3.39. The summed E-state index contributed by atoms with van der Waals surface area (Å²) in [6.07, 6.45) is 1.65. The first-order valence-electron chi connectivity index (χ1n) is 8.13. The SMILES string of the molecule is CCOc1cc(/C=N\NCc2ccccc2OC)ccc1OCC(=O)O. The van der Waals surface area contributed by atoms with E-state index in [-0.39, 0.29) is 0 Å². The maximum atomic E-state index is 10.6. The Morgan fingerprint density at radius 3 is 2.69 bits per heavy atom. The summed E-state index contributed by atoms with van der Waals surface area (Å²) in [5, 5.41) is 12.9. The van der Waals surface area contributed by atoms with E-state index in [9.17, 15) is 4.79 Å². The van der Waals surface area contributed by atoms with E-state index >= 15 is 0 Å². The summed E-state index contributed by atoms with van der Waals surface area (Å²) in [7, 11) is 1.63. The van der Waals surface area contributed by atoms with E-state index in [2.05, 4.69) is 10.5 Å². The predicted molar refractivity (Wildman–Crippen MR) is 98.2 cm³/mol. The van der Waals surface area contributed by atoms with Gasteiger partial charge in [-0.2, -0.15) is 5.10 Å². The van der Waals surface area contributed by atoms with Crippen LogP contribution in [0.4, 0.5) is 0 Å². The summed E-state index contributed by atoms with van der Waals surface area (Å²) < 4.78 is 16.0. The van der Waals surface area contributed by atoms with E-state index in [4.69, 9.17) is 19.3 Å². The molecule has 7 heteroatoms. The van der Waals surface area contributed by atoms with Crippen molar-refractivity contribution in [1.29, 1.82) is 0 Å². The van der Waals surface area contributed by atoms with E-state index in [0.29, 0.717) is 24.7 Å². The second-order valence-corrected chi connectivity index (χ2v) is 5.23. The van der Waals surface area contributed by atoms with Crippen LogP contribution in [-0.2, 0) is 11.3 Å². The number of para-hydroxylation sites is 1. The molecule has 0 atom stereocenters. The van der Waals surface area contributed by atoms with Crippen molar-refractivity contribution in [3.63, 3.8) is 0 Å². The smallest absolute Gasteiger partial charge is 0.341 e. The minimum atomic E-state index is -1.04. The van der Waals surface area contributed by atoms with Crippen molar-refractivity contribution >= 4 is 12.2 Å². The molecule has 0 unspecified atom stereocenters. The summed E-state index contributed by atoms with van der Waals surface area (Å²) in [5.74, 6) is 0.614. The number of benzene rings is 2. The number of hydrogen-bond acceptors (Lipinski definition) is 6. The van der Waals surface area contributed by atoms with Gasteiger partial charge in [0.05, 0.1) is 26.5 Å². The molecular weight excluding hydrogens is 336 g/mol. The molecule has 0 saturated carbocycles. The van der Waals surface area contributed by atoms with Crippen LogP contribution in [0.15, 0.2) is 47.6 Å². The quantitative estimate of drug-likeness (QED) is 0.501. The van der Waals surface area contributed by atoms with Crippen molar-refractivity contribution in [3.8, 4) is 17.2 Å². The van der Waals surface area contributed by atoms with Crippen LogP contribution in [-0.4, -0.2) is 37.6 Å². The van der Waals surface area contributed by atoms with Gasteiger partial charge in [0.25, 0.3) is 0 Å². The Labute approximate surface area is 152 Å². The highest BCUT2D eigenvalue weighted by Crippen LogP contribution is 2.28. The maximum Gasteiger partial charge on any atom is 0.341 e. The molecule has 0 saturated heterocycles. The van der Waals surface area contributed by atoms with Crippen molar-refractivity contribution in [2.45, 2.75) is 13.5 Å². The summed E-state index contributed by atoms with van der Waals surface area (Å²) in [6.45, 7) is 2.39. The third-order valence-electron chi connectivity index (χ3n) is 3.39. The van der Waals surface area contributed by atoms with E-state index in [0.717, 1.165) is 16.9 Å². The molecule has 26 heavy (non-hydrogen) atoms. The van der Waals surface area contributed by atoms with Crippen LogP contribution >= 0.6 is 0 Å². The van der Waals surface area contributed by atoms with Crippen molar-refractivity contribution < 1.29 is 24.1 Å². The van der Waals surface area contributed by atoms with Gasteiger partial charge in [0.2, 0.25) is 0 Å². The van der Waals surface area contributed by atoms with Crippen molar-refractivity contribution in [2.75, 3.05) is 20.3 Å². The maximum absolute atomic E-state index is 10.6. The Kier molecular flexibility index (Phi) is 7.30. The lowest BCUT2D eigenvalue weighted by molar-refractivity contribution is -0.139. The number of nitrogens with one attached hydrogen (secondary N) is 1. The third kappa shape index (κ3) is 5.70. The van der Waals surface area contributed by atoms with Gasteiger partial charge in [0.15, 0.2) is 18.1 Å². The van der Waals surface area contributed by atoms with Gasteiger partial charge in [-0.3, -0.25) is 0 Å². The highest BCUT2D eigenvalue weighted by atomic mass is 16.5. The molecule has 0 aliphatic carbocycles. The second kappa shape index (κ2) is 9.93. The van der Waals surface area contributed by atoms with E-state index in [1.54, 1.807) is 31.5 Å². The number of carboxylic acid groups (broad SMARTS) is 1. The fraction of sp³-hybridized carbons (Fsp3) is 0.263. The molecule has 2 aromatic carbocycles. The van der Waals surface area contributed by atoms with E-state index < -0.39 is 12.6 Å². The molecule has 0 heterocycles. The Morgan fingerprint density at radius 1 is 1.15 bits per heavy atom. The minimum Gasteiger partial charge on any atom is -0.496 e. The van der Waals surface area contributed by atoms with Crippen LogP contribution in [0.5, 0.6) is 17.2 Å². The molecule has 0 aliphatic rings. The van der Waals surface area contributed by atoms with Crippen molar-refractivity contribution in [3.05, 3.63) is 53.6 Å². The van der Waals surface area contributed by atoms with Gasteiger partial charge in [-0.15, -0.1) is 0 Å². The molecule has 0 fully saturated rings. The standard InChI is InChI=1S/C19H22N2O5/c1-3-25-18-10-14(8-9-17(18)26-13-19(22)23)11-20-21-12-15-6-4-5-7-16(15)24-2/h4-11,21H,3,12-13H2,1-2H3,(H,22,23)/b20-11-. The number of ether oxygens (including phenoxy) is 3. The molecule has 2 aromatic rings. The Balaban J connectivity index is 2.00. The number of aliphatic carboxylic acids is 1. The van der Waals surface area contributed by atoms with Crippen LogP contribution in [0.2, 0.25) is 0 Å². The molecule has 2 N–H and O–H groups in total. The molecule has 0 aromatic heterocycles. The Bertz CT molecular complexity index is 761. The molecule has 0 bridgehead atoms. The van der Waals surface area contributed by atoms with E-state index in [1.807, 2.05) is 31.2 Å². The lowest BCUT2D eigenvalue weighted by Gasteiger charge is -2.11. The number of hydrazone groups is 1. The fourth-order valence-corrected chi connectivity index (χ4v) is 2.23. The molecule has 7 nitrogen and oxygen atoms in total. The lowest BCUT2D eigenvalue weighted by atomic mass is 10.2. The van der Waals surface area contributed by atoms with E-state index in [1.165, 1.54) is 0 Å². The molecule has 2 rings (SSSR count). The Hall–Kier alpha value is -3.22. The average Bonchev–Trinajstić information content (AvgIpc) is 2.65. The average molecular weight is 358 g/mol. The molecule has 0 spiro atoms. The molecular formula is C19H22N2O5. The number of carbonyl (C=O) groups is 1. The van der Waals surface area contributed by atoms with Crippen LogP contribution < -0.4 is 19.6 Å². The predicted octanol–water partition coefficient (Wildman–Crippen LogP) is 2.68. The summed E-state index contributed by atoms with van der Waals surface area (Å²) in [5.41, 5.74) is 4.77. The Morgan fingerprint density at radius 2 is 1.96 bits per heavy atom. The molecule has 0 aliphatic heterocycles. The number of carboxylic acids is 1. The van der Waals surface area contributed by atoms with Gasteiger partial charge < -0.3 is 24.7 Å². The number of nitrogens with zero attached hydrogens (tertiary/aromatic N) is 1. The lowest BCUT2D eigenvalue weighted by Crippen LogP contribution is -2.10. The van der Waals surface area contributed by atoms with Crippen LogP contribution in [0, 0.1) is 0 Å². The van der Waals surface area contributed by atoms with Crippen LogP contribution in [0.25, 0.3) is 0 Å². The normalized spacial score (nSPS) is 10.5. The zero-order chi connectivity index (χ0) is 18.8. The minimum absolute atomic E-state index is 0.383. The summed E-state index contributed by atoms with van der Waals surface area (Å²) in [4.78, 5) is 10.6. The van der Waals surface area contributed by atoms with Gasteiger partial charge in [0.1, 0.15) is 5.75 Å². The van der Waals surface area contributed by atoms with Gasteiger partial charge in [-0.25, -0.2) is 4.79 Å². The molecule has 138 valence electrons.